The maximum atomic E-state index is 12.9. The minimum Gasteiger partial charge on any atom is -0.328 e. The summed E-state index contributed by atoms with van der Waals surface area (Å²) in [6, 6.07) is 4.77. The molecule has 66 valence electrons. The zero-order valence-corrected chi connectivity index (χ0v) is 7.61. The van der Waals surface area contributed by atoms with Crippen molar-refractivity contribution in [3.05, 3.63) is 34.6 Å². The summed E-state index contributed by atoms with van der Waals surface area (Å²) >= 11 is 5.71. The summed E-state index contributed by atoms with van der Waals surface area (Å²) in [5, 5.41) is 0.190. The molecule has 1 atom stereocenters. The van der Waals surface area contributed by atoms with Crippen LogP contribution in [0.5, 0.6) is 0 Å². The number of hydrogen-bond donors (Lipinski definition) is 1. The fourth-order valence-corrected chi connectivity index (χ4v) is 1.26. The summed E-state index contributed by atoms with van der Waals surface area (Å²) in [6.45, 7) is 1.86. The smallest absolute Gasteiger partial charge is 0.142 e. The Morgan fingerprint density at radius 1 is 1.58 bits per heavy atom. The molecule has 1 rings (SSSR count). The summed E-state index contributed by atoms with van der Waals surface area (Å²) in [6.07, 6.45) is 0.608. The van der Waals surface area contributed by atoms with Gasteiger partial charge in [-0.3, -0.25) is 0 Å². The predicted octanol–water partition coefficient (Wildman–Crippen LogP) is 2.37. The molecule has 0 heterocycles. The van der Waals surface area contributed by atoms with Gasteiger partial charge in [-0.25, -0.2) is 4.39 Å². The summed E-state index contributed by atoms with van der Waals surface area (Å²) in [5.41, 5.74) is 6.33. The van der Waals surface area contributed by atoms with Crippen molar-refractivity contribution < 1.29 is 4.39 Å². The van der Waals surface area contributed by atoms with Gasteiger partial charge in [0.05, 0.1) is 5.02 Å². The lowest BCUT2D eigenvalue weighted by Crippen LogP contribution is -2.18. The van der Waals surface area contributed by atoms with Gasteiger partial charge in [-0.1, -0.05) is 23.7 Å². The maximum Gasteiger partial charge on any atom is 0.142 e. The molecule has 0 saturated heterocycles. The van der Waals surface area contributed by atoms with Crippen molar-refractivity contribution in [1.82, 2.24) is 0 Å². The van der Waals surface area contributed by atoms with E-state index in [2.05, 4.69) is 0 Å². The first kappa shape index (κ1) is 9.49. The van der Waals surface area contributed by atoms with Crippen LogP contribution in [0.25, 0.3) is 0 Å². The third kappa shape index (κ3) is 2.19. The Morgan fingerprint density at radius 2 is 2.25 bits per heavy atom. The normalized spacial score (nSPS) is 13.0. The first-order valence-corrected chi connectivity index (χ1v) is 4.17. The lowest BCUT2D eigenvalue weighted by atomic mass is 10.1. The van der Waals surface area contributed by atoms with E-state index < -0.39 is 0 Å². The maximum absolute atomic E-state index is 12.9. The van der Waals surface area contributed by atoms with E-state index in [0.29, 0.717) is 6.42 Å². The van der Waals surface area contributed by atoms with Crippen LogP contribution in [0, 0.1) is 5.82 Å². The number of hydrogen-bond acceptors (Lipinski definition) is 1. The number of rotatable bonds is 2. The van der Waals surface area contributed by atoms with Crippen LogP contribution < -0.4 is 5.73 Å². The van der Waals surface area contributed by atoms with Gasteiger partial charge in [-0.15, -0.1) is 0 Å². The van der Waals surface area contributed by atoms with E-state index in [9.17, 15) is 4.39 Å². The zero-order chi connectivity index (χ0) is 9.14. The van der Waals surface area contributed by atoms with E-state index in [0.717, 1.165) is 5.56 Å². The van der Waals surface area contributed by atoms with Crippen molar-refractivity contribution in [2.24, 2.45) is 5.73 Å². The number of benzene rings is 1. The Balaban J connectivity index is 2.92. The van der Waals surface area contributed by atoms with Crippen LogP contribution in [-0.4, -0.2) is 6.04 Å². The average Bonchev–Trinajstić information content (AvgIpc) is 1.98. The van der Waals surface area contributed by atoms with Crippen LogP contribution in [0.2, 0.25) is 5.02 Å². The molecule has 0 saturated carbocycles. The average molecular weight is 188 g/mol. The Labute approximate surface area is 76.3 Å². The monoisotopic (exact) mass is 187 g/mol. The molecule has 0 radical (unpaired) electrons. The molecule has 0 aliphatic rings. The Kier molecular flexibility index (Phi) is 3.06. The molecule has 0 spiro atoms. The summed E-state index contributed by atoms with van der Waals surface area (Å²) in [5.74, 6) is -0.380. The van der Waals surface area contributed by atoms with Gasteiger partial charge in [-0.05, 0) is 25.0 Å². The van der Waals surface area contributed by atoms with Crippen LogP contribution in [0.3, 0.4) is 0 Å². The quantitative estimate of drug-likeness (QED) is 0.756. The highest BCUT2D eigenvalue weighted by Gasteiger charge is 2.06. The van der Waals surface area contributed by atoms with Crippen LogP contribution in [-0.2, 0) is 6.42 Å². The van der Waals surface area contributed by atoms with Crippen molar-refractivity contribution in [3.63, 3.8) is 0 Å². The lowest BCUT2D eigenvalue weighted by molar-refractivity contribution is 0.623. The SMILES string of the molecule is CC(N)Cc1cccc(F)c1Cl. The molecular weight excluding hydrogens is 177 g/mol. The highest BCUT2D eigenvalue weighted by molar-refractivity contribution is 6.31. The van der Waals surface area contributed by atoms with Crippen molar-refractivity contribution >= 4 is 11.6 Å². The molecule has 0 aromatic heterocycles. The third-order valence-electron chi connectivity index (χ3n) is 1.57. The van der Waals surface area contributed by atoms with Crippen molar-refractivity contribution in [2.45, 2.75) is 19.4 Å². The second kappa shape index (κ2) is 3.87. The van der Waals surface area contributed by atoms with Gasteiger partial charge in [0.25, 0.3) is 0 Å². The Bertz CT molecular complexity index is 273. The minimum absolute atomic E-state index is 0.00398. The topological polar surface area (TPSA) is 26.0 Å². The van der Waals surface area contributed by atoms with Gasteiger partial charge in [0.2, 0.25) is 0 Å². The fraction of sp³-hybridized carbons (Fsp3) is 0.333. The Morgan fingerprint density at radius 3 is 2.83 bits per heavy atom. The predicted molar refractivity (Wildman–Crippen MR) is 48.8 cm³/mol. The number of nitrogens with two attached hydrogens (primary N) is 1. The van der Waals surface area contributed by atoms with Gasteiger partial charge in [0.1, 0.15) is 5.82 Å². The second-order valence-electron chi connectivity index (χ2n) is 2.89. The standard InChI is InChI=1S/C9H11ClFN/c1-6(12)5-7-3-2-4-8(11)9(7)10/h2-4,6H,5,12H2,1H3. The molecule has 12 heavy (non-hydrogen) atoms. The van der Waals surface area contributed by atoms with Gasteiger partial charge in [-0.2, -0.15) is 0 Å². The van der Waals surface area contributed by atoms with Gasteiger partial charge < -0.3 is 5.73 Å². The first-order chi connectivity index (χ1) is 5.61. The molecule has 0 bridgehead atoms. The van der Waals surface area contributed by atoms with Crippen molar-refractivity contribution in [2.75, 3.05) is 0 Å². The third-order valence-corrected chi connectivity index (χ3v) is 2.00. The Hall–Kier alpha value is -0.600. The highest BCUT2D eigenvalue weighted by Crippen LogP contribution is 2.20. The number of halogens is 2. The van der Waals surface area contributed by atoms with E-state index in [4.69, 9.17) is 17.3 Å². The fourth-order valence-electron chi connectivity index (χ4n) is 1.05. The second-order valence-corrected chi connectivity index (χ2v) is 3.27. The first-order valence-electron chi connectivity index (χ1n) is 3.79. The van der Waals surface area contributed by atoms with Crippen LogP contribution >= 0.6 is 11.6 Å². The summed E-state index contributed by atoms with van der Waals surface area (Å²) in [4.78, 5) is 0. The van der Waals surface area contributed by atoms with Gasteiger partial charge in [0, 0.05) is 6.04 Å². The van der Waals surface area contributed by atoms with Crippen LogP contribution in [0.1, 0.15) is 12.5 Å². The molecule has 1 aromatic rings. The molecule has 2 N–H and O–H groups in total. The molecule has 3 heteroatoms. The molecule has 1 nitrogen and oxygen atoms in total. The van der Waals surface area contributed by atoms with E-state index in [1.807, 2.05) is 6.92 Å². The summed E-state index contributed by atoms with van der Waals surface area (Å²) < 4.78 is 12.9. The van der Waals surface area contributed by atoms with E-state index in [-0.39, 0.29) is 16.9 Å². The molecule has 0 fully saturated rings. The largest absolute Gasteiger partial charge is 0.328 e. The molecule has 0 aliphatic heterocycles. The van der Waals surface area contributed by atoms with Gasteiger partial charge in [0.15, 0.2) is 0 Å². The van der Waals surface area contributed by atoms with Crippen LogP contribution in [0.4, 0.5) is 4.39 Å². The molecule has 0 amide bonds. The van der Waals surface area contributed by atoms with E-state index >= 15 is 0 Å². The zero-order valence-electron chi connectivity index (χ0n) is 6.85. The molecule has 1 unspecified atom stereocenters. The molecule has 1 aromatic carbocycles. The van der Waals surface area contributed by atoms with E-state index in [1.165, 1.54) is 6.07 Å². The molecular formula is C9H11ClFN. The van der Waals surface area contributed by atoms with Crippen molar-refractivity contribution in [3.8, 4) is 0 Å². The van der Waals surface area contributed by atoms with Gasteiger partial charge >= 0.3 is 0 Å². The van der Waals surface area contributed by atoms with Crippen LogP contribution in [0.15, 0.2) is 18.2 Å². The van der Waals surface area contributed by atoms with E-state index in [1.54, 1.807) is 12.1 Å². The minimum atomic E-state index is -0.380. The van der Waals surface area contributed by atoms with Crippen molar-refractivity contribution in [1.29, 1.82) is 0 Å². The lowest BCUT2D eigenvalue weighted by Gasteiger charge is -2.07. The molecule has 0 aliphatic carbocycles. The highest BCUT2D eigenvalue weighted by atomic mass is 35.5. The summed E-state index contributed by atoms with van der Waals surface area (Å²) in [7, 11) is 0.